The average Bonchev–Trinajstić information content (AvgIpc) is 3.15. The molecular formula is C22H31NO6. The smallest absolute Gasteiger partial charge is 0.408 e. The zero-order valence-corrected chi connectivity index (χ0v) is 17.4. The van der Waals surface area contributed by atoms with Crippen LogP contribution in [0.4, 0.5) is 4.79 Å². The molecule has 0 aromatic heterocycles. The third-order valence-electron chi connectivity index (χ3n) is 4.44. The van der Waals surface area contributed by atoms with Gasteiger partial charge >= 0.3 is 18.0 Å². The summed E-state index contributed by atoms with van der Waals surface area (Å²) in [4.78, 5) is 36.7. The number of hydrogen-bond donors (Lipinski definition) is 1. The molecule has 1 atom stereocenters. The minimum atomic E-state index is -0.963. The number of carbonyl (C=O) groups excluding carboxylic acids is 3. The second-order valence-electron chi connectivity index (χ2n) is 8.23. The molecule has 2 rings (SSSR count). The van der Waals surface area contributed by atoms with E-state index in [1.807, 2.05) is 30.3 Å². The molecule has 1 N–H and O–H groups in total. The monoisotopic (exact) mass is 405 g/mol. The van der Waals surface area contributed by atoms with Crippen molar-refractivity contribution in [3.63, 3.8) is 0 Å². The lowest BCUT2D eigenvalue weighted by Crippen LogP contribution is -2.45. The van der Waals surface area contributed by atoms with Gasteiger partial charge in [-0.3, -0.25) is 4.79 Å². The summed E-state index contributed by atoms with van der Waals surface area (Å²) in [6, 6.07) is 8.37. The summed E-state index contributed by atoms with van der Waals surface area (Å²) in [5.74, 6) is -0.989. The van der Waals surface area contributed by atoms with Gasteiger partial charge in [-0.05, 0) is 58.4 Å². The van der Waals surface area contributed by atoms with Gasteiger partial charge in [-0.15, -0.1) is 0 Å². The molecule has 7 nitrogen and oxygen atoms in total. The summed E-state index contributed by atoms with van der Waals surface area (Å²) < 4.78 is 16.0. The maximum atomic E-state index is 12.5. The number of amides is 1. The van der Waals surface area contributed by atoms with E-state index in [1.165, 1.54) is 0 Å². The highest BCUT2D eigenvalue weighted by molar-refractivity contribution is 5.82. The Balaban J connectivity index is 1.87. The molecule has 0 saturated heterocycles. The van der Waals surface area contributed by atoms with Gasteiger partial charge in [0, 0.05) is 6.42 Å². The molecular weight excluding hydrogens is 374 g/mol. The first-order valence-corrected chi connectivity index (χ1v) is 10.1. The van der Waals surface area contributed by atoms with Gasteiger partial charge in [0.2, 0.25) is 0 Å². The maximum absolute atomic E-state index is 12.5. The number of ether oxygens (including phenoxy) is 3. The average molecular weight is 405 g/mol. The number of rotatable bonds is 8. The first-order chi connectivity index (χ1) is 13.7. The molecule has 0 bridgehead atoms. The van der Waals surface area contributed by atoms with Crippen LogP contribution in [-0.2, 0) is 30.4 Å². The highest BCUT2D eigenvalue weighted by Crippen LogP contribution is 2.22. The molecule has 1 amide bonds. The number of carbonyl (C=O) groups is 3. The van der Waals surface area contributed by atoms with E-state index in [0.29, 0.717) is 0 Å². The number of hydrogen-bond acceptors (Lipinski definition) is 6. The fraction of sp³-hybridized carbons (Fsp3) is 0.591. The number of alkyl carbamates (subject to hydrolysis) is 1. The van der Waals surface area contributed by atoms with Crippen molar-refractivity contribution < 1.29 is 28.6 Å². The van der Waals surface area contributed by atoms with Gasteiger partial charge in [-0.25, -0.2) is 9.59 Å². The molecule has 1 fully saturated rings. The summed E-state index contributed by atoms with van der Waals surface area (Å²) in [6.07, 6.45) is 2.90. The number of esters is 2. The largest absolute Gasteiger partial charge is 0.461 e. The van der Waals surface area contributed by atoms with Crippen LogP contribution in [0.1, 0.15) is 64.9 Å². The summed E-state index contributed by atoms with van der Waals surface area (Å²) in [5, 5.41) is 2.53. The van der Waals surface area contributed by atoms with E-state index in [1.54, 1.807) is 20.8 Å². The van der Waals surface area contributed by atoms with E-state index in [2.05, 4.69) is 5.32 Å². The van der Waals surface area contributed by atoms with Crippen molar-refractivity contribution in [3.05, 3.63) is 35.9 Å². The topological polar surface area (TPSA) is 90.9 Å². The Kier molecular flexibility index (Phi) is 8.49. The van der Waals surface area contributed by atoms with Crippen LogP contribution in [0.5, 0.6) is 0 Å². The molecule has 160 valence electrons. The van der Waals surface area contributed by atoms with E-state index >= 15 is 0 Å². The summed E-state index contributed by atoms with van der Waals surface area (Å²) >= 11 is 0. The first-order valence-electron chi connectivity index (χ1n) is 10.1. The summed E-state index contributed by atoms with van der Waals surface area (Å²) in [6.45, 7) is 5.37. The second-order valence-corrected chi connectivity index (χ2v) is 8.23. The van der Waals surface area contributed by atoms with Gasteiger partial charge < -0.3 is 19.5 Å². The van der Waals surface area contributed by atoms with Crippen LogP contribution in [0.25, 0.3) is 0 Å². The predicted octanol–water partition coefficient (Wildman–Crippen LogP) is 3.89. The molecule has 0 heterocycles. The summed E-state index contributed by atoms with van der Waals surface area (Å²) in [7, 11) is 0. The Hall–Kier alpha value is -2.57. The Morgan fingerprint density at radius 1 is 1.10 bits per heavy atom. The maximum Gasteiger partial charge on any atom is 0.408 e. The predicted molar refractivity (Wildman–Crippen MR) is 107 cm³/mol. The molecule has 29 heavy (non-hydrogen) atoms. The highest BCUT2D eigenvalue weighted by atomic mass is 16.6. The minimum absolute atomic E-state index is 0.0208. The van der Waals surface area contributed by atoms with Crippen molar-refractivity contribution in [1.29, 1.82) is 0 Å². The Labute approximate surface area is 172 Å². The molecule has 1 aliphatic rings. The SMILES string of the molecule is CC(C)(C)OC(=O)N[C@@H](CCC(=O)OCc1ccccc1)C(=O)OC1CCCC1. The molecule has 1 saturated carbocycles. The first kappa shape index (κ1) is 22.7. The normalized spacial score (nSPS) is 15.4. The Morgan fingerprint density at radius 2 is 1.76 bits per heavy atom. The molecule has 0 spiro atoms. The molecule has 0 unspecified atom stereocenters. The van der Waals surface area contributed by atoms with E-state index < -0.39 is 29.7 Å². The fourth-order valence-electron chi connectivity index (χ4n) is 3.02. The van der Waals surface area contributed by atoms with Crippen LogP contribution in [-0.4, -0.2) is 35.8 Å². The zero-order valence-electron chi connectivity index (χ0n) is 17.4. The summed E-state index contributed by atoms with van der Waals surface area (Å²) in [5.41, 5.74) is 0.184. The van der Waals surface area contributed by atoms with E-state index in [9.17, 15) is 14.4 Å². The lowest BCUT2D eigenvalue weighted by molar-refractivity contribution is -0.152. The Morgan fingerprint density at radius 3 is 2.38 bits per heavy atom. The Bertz CT molecular complexity index is 676. The van der Waals surface area contributed by atoms with E-state index in [4.69, 9.17) is 14.2 Å². The lowest BCUT2D eigenvalue weighted by atomic mass is 10.1. The molecule has 1 aliphatic carbocycles. The van der Waals surface area contributed by atoms with Crippen LogP contribution in [0, 0.1) is 0 Å². The third-order valence-corrected chi connectivity index (χ3v) is 4.44. The van der Waals surface area contributed by atoms with Gasteiger partial charge in [0.05, 0.1) is 0 Å². The molecule has 0 radical (unpaired) electrons. The van der Waals surface area contributed by atoms with E-state index in [-0.39, 0.29) is 25.6 Å². The highest BCUT2D eigenvalue weighted by Gasteiger charge is 2.29. The van der Waals surface area contributed by atoms with Crippen molar-refractivity contribution in [2.24, 2.45) is 0 Å². The van der Waals surface area contributed by atoms with Crippen molar-refractivity contribution in [3.8, 4) is 0 Å². The van der Waals surface area contributed by atoms with Crippen molar-refractivity contribution in [2.45, 2.75) is 83.6 Å². The lowest BCUT2D eigenvalue weighted by Gasteiger charge is -2.23. The van der Waals surface area contributed by atoms with Crippen molar-refractivity contribution in [2.75, 3.05) is 0 Å². The van der Waals surface area contributed by atoms with Crippen LogP contribution < -0.4 is 5.32 Å². The minimum Gasteiger partial charge on any atom is -0.461 e. The van der Waals surface area contributed by atoms with Gasteiger partial charge in [0.1, 0.15) is 24.4 Å². The number of nitrogens with one attached hydrogen (secondary N) is 1. The van der Waals surface area contributed by atoms with Crippen LogP contribution in [0.15, 0.2) is 30.3 Å². The van der Waals surface area contributed by atoms with E-state index in [0.717, 1.165) is 31.2 Å². The van der Waals surface area contributed by atoms with Crippen LogP contribution in [0.2, 0.25) is 0 Å². The molecule has 0 aliphatic heterocycles. The van der Waals surface area contributed by atoms with Gasteiger partial charge in [-0.1, -0.05) is 30.3 Å². The van der Waals surface area contributed by atoms with Crippen molar-refractivity contribution in [1.82, 2.24) is 5.32 Å². The third kappa shape index (κ3) is 8.98. The molecule has 1 aromatic rings. The second kappa shape index (κ2) is 10.8. The number of benzene rings is 1. The standard InChI is InChI=1S/C22H31NO6/c1-22(2,3)29-21(26)23-18(20(25)28-17-11-7-8-12-17)13-14-19(24)27-15-16-9-5-4-6-10-16/h4-6,9-10,17-18H,7-8,11-15H2,1-3H3,(H,23,26)/t18-/m0/s1. The molecule has 1 aromatic carbocycles. The fourth-order valence-corrected chi connectivity index (χ4v) is 3.02. The zero-order chi connectivity index (χ0) is 21.3. The van der Waals surface area contributed by atoms with Gasteiger partial charge in [-0.2, -0.15) is 0 Å². The van der Waals surface area contributed by atoms with Crippen LogP contribution >= 0.6 is 0 Å². The van der Waals surface area contributed by atoms with Crippen LogP contribution in [0.3, 0.4) is 0 Å². The molecule has 7 heteroatoms. The van der Waals surface area contributed by atoms with Crippen molar-refractivity contribution >= 4 is 18.0 Å². The van der Waals surface area contributed by atoms with Gasteiger partial charge in [0.25, 0.3) is 0 Å². The van der Waals surface area contributed by atoms with Gasteiger partial charge in [0.15, 0.2) is 0 Å². The quantitative estimate of drug-likeness (QED) is 0.521.